The molecule has 1 aromatic rings. The van der Waals surface area contributed by atoms with Crippen LogP contribution >= 0.6 is 12.2 Å². The quantitative estimate of drug-likeness (QED) is 0.815. The van der Waals surface area contributed by atoms with Crippen LogP contribution in [0.25, 0.3) is 0 Å². The van der Waals surface area contributed by atoms with Crippen LogP contribution in [0.4, 0.5) is 5.69 Å². The summed E-state index contributed by atoms with van der Waals surface area (Å²) in [6, 6.07) is 6.36. The summed E-state index contributed by atoms with van der Waals surface area (Å²) in [6.45, 7) is 4.89. The standard InChI is InChI=1S/C13H20N2OS/c1-9-7-11(13(14)17)5-6-12(9)15(3)10(2)8-16-4/h5-7,10H,8H2,1-4H3,(H2,14,17). The summed E-state index contributed by atoms with van der Waals surface area (Å²) in [5.41, 5.74) is 8.87. The zero-order valence-electron chi connectivity index (χ0n) is 10.9. The summed E-state index contributed by atoms with van der Waals surface area (Å²) >= 11 is 4.97. The Bertz CT molecular complexity index is 406. The number of benzene rings is 1. The third kappa shape index (κ3) is 3.41. The zero-order chi connectivity index (χ0) is 13.0. The Kier molecular flexibility index (Phi) is 4.90. The summed E-state index contributed by atoms with van der Waals surface area (Å²) < 4.78 is 5.17. The van der Waals surface area contributed by atoms with E-state index in [0.29, 0.717) is 17.6 Å². The highest BCUT2D eigenvalue weighted by Crippen LogP contribution is 2.22. The van der Waals surface area contributed by atoms with E-state index in [9.17, 15) is 0 Å². The number of ether oxygens (including phenoxy) is 1. The van der Waals surface area contributed by atoms with Crippen LogP contribution in [0.2, 0.25) is 0 Å². The van der Waals surface area contributed by atoms with Crippen molar-refractivity contribution in [2.24, 2.45) is 5.73 Å². The van der Waals surface area contributed by atoms with Crippen molar-refractivity contribution in [2.45, 2.75) is 19.9 Å². The third-order valence-corrected chi connectivity index (χ3v) is 3.17. The molecule has 0 saturated carbocycles. The molecule has 1 atom stereocenters. The molecule has 0 radical (unpaired) electrons. The Labute approximate surface area is 109 Å². The minimum absolute atomic E-state index is 0.328. The van der Waals surface area contributed by atoms with E-state index in [2.05, 4.69) is 31.9 Å². The van der Waals surface area contributed by atoms with Crippen LogP contribution < -0.4 is 10.6 Å². The molecule has 0 heterocycles. The largest absolute Gasteiger partial charge is 0.389 e. The lowest BCUT2D eigenvalue weighted by atomic mass is 10.1. The molecule has 0 bridgehead atoms. The molecule has 1 aromatic carbocycles. The number of nitrogens with two attached hydrogens (primary N) is 1. The fourth-order valence-corrected chi connectivity index (χ4v) is 1.92. The second kappa shape index (κ2) is 5.98. The van der Waals surface area contributed by atoms with Gasteiger partial charge in [-0.05, 0) is 37.6 Å². The monoisotopic (exact) mass is 252 g/mol. The first-order valence-corrected chi connectivity index (χ1v) is 6.00. The number of likely N-dealkylation sites (N-methyl/N-ethyl adjacent to an activating group) is 1. The maximum atomic E-state index is 5.61. The molecule has 0 spiro atoms. The SMILES string of the molecule is COCC(C)N(C)c1ccc(C(N)=S)cc1C. The van der Waals surface area contributed by atoms with Crippen molar-refractivity contribution in [2.75, 3.05) is 25.7 Å². The van der Waals surface area contributed by atoms with Crippen LogP contribution in [0.15, 0.2) is 18.2 Å². The van der Waals surface area contributed by atoms with E-state index in [4.69, 9.17) is 22.7 Å². The summed E-state index contributed by atoms with van der Waals surface area (Å²) in [5, 5.41) is 0. The van der Waals surface area contributed by atoms with Crippen molar-refractivity contribution in [1.29, 1.82) is 0 Å². The highest BCUT2D eigenvalue weighted by molar-refractivity contribution is 7.80. The van der Waals surface area contributed by atoms with Gasteiger partial charge in [-0.15, -0.1) is 0 Å². The average Bonchev–Trinajstić information content (AvgIpc) is 2.28. The van der Waals surface area contributed by atoms with E-state index in [1.807, 2.05) is 12.1 Å². The lowest BCUT2D eigenvalue weighted by Crippen LogP contribution is -2.33. The number of hydrogen-bond donors (Lipinski definition) is 1. The minimum atomic E-state index is 0.328. The van der Waals surface area contributed by atoms with Gasteiger partial charge in [-0.2, -0.15) is 0 Å². The fraction of sp³-hybridized carbons (Fsp3) is 0.462. The van der Waals surface area contributed by atoms with E-state index in [-0.39, 0.29) is 0 Å². The molecule has 0 aliphatic carbocycles. The average molecular weight is 252 g/mol. The van der Waals surface area contributed by atoms with E-state index < -0.39 is 0 Å². The Morgan fingerprint density at radius 1 is 1.53 bits per heavy atom. The number of thiocarbonyl (C=S) groups is 1. The summed E-state index contributed by atoms with van der Waals surface area (Å²) in [7, 11) is 3.78. The van der Waals surface area contributed by atoms with Gasteiger partial charge in [0.15, 0.2) is 0 Å². The Morgan fingerprint density at radius 3 is 2.65 bits per heavy atom. The molecule has 0 fully saturated rings. The molecule has 94 valence electrons. The van der Waals surface area contributed by atoms with Gasteiger partial charge in [0, 0.05) is 31.5 Å². The van der Waals surface area contributed by atoms with Crippen LogP contribution in [0.5, 0.6) is 0 Å². The molecule has 4 heteroatoms. The van der Waals surface area contributed by atoms with Crippen LogP contribution in [0.1, 0.15) is 18.1 Å². The van der Waals surface area contributed by atoms with Gasteiger partial charge in [-0.25, -0.2) is 0 Å². The smallest absolute Gasteiger partial charge is 0.103 e. The second-order valence-corrected chi connectivity index (χ2v) is 4.72. The van der Waals surface area contributed by atoms with E-state index in [1.165, 1.54) is 11.3 Å². The number of anilines is 1. The third-order valence-electron chi connectivity index (χ3n) is 2.93. The molecule has 0 amide bonds. The van der Waals surface area contributed by atoms with Crippen molar-refractivity contribution < 1.29 is 4.74 Å². The molecule has 1 rings (SSSR count). The molecular formula is C13H20N2OS. The minimum Gasteiger partial charge on any atom is -0.389 e. The first-order valence-electron chi connectivity index (χ1n) is 5.59. The first kappa shape index (κ1) is 13.9. The normalized spacial score (nSPS) is 12.2. The molecule has 0 aromatic heterocycles. The van der Waals surface area contributed by atoms with E-state index in [0.717, 1.165) is 5.56 Å². The molecule has 0 aliphatic rings. The predicted molar refractivity (Wildman–Crippen MR) is 76.8 cm³/mol. The number of rotatable bonds is 5. The Morgan fingerprint density at radius 2 is 2.18 bits per heavy atom. The van der Waals surface area contributed by atoms with Crippen LogP contribution in [-0.2, 0) is 4.74 Å². The highest BCUT2D eigenvalue weighted by Gasteiger charge is 2.12. The van der Waals surface area contributed by atoms with Crippen LogP contribution in [0, 0.1) is 6.92 Å². The topological polar surface area (TPSA) is 38.5 Å². The van der Waals surface area contributed by atoms with E-state index >= 15 is 0 Å². The number of methoxy groups -OCH3 is 1. The summed E-state index contributed by atoms with van der Waals surface area (Å²) in [4.78, 5) is 2.63. The Hall–Kier alpha value is -1.13. The summed E-state index contributed by atoms with van der Waals surface area (Å²) in [5.74, 6) is 0. The van der Waals surface area contributed by atoms with Crippen LogP contribution in [0.3, 0.4) is 0 Å². The molecule has 3 nitrogen and oxygen atoms in total. The van der Waals surface area contributed by atoms with Crippen LogP contribution in [-0.4, -0.2) is 31.8 Å². The molecule has 0 saturated heterocycles. The lowest BCUT2D eigenvalue weighted by Gasteiger charge is -2.28. The van der Waals surface area contributed by atoms with Gasteiger partial charge in [-0.3, -0.25) is 0 Å². The number of nitrogens with zero attached hydrogens (tertiary/aromatic N) is 1. The van der Waals surface area contributed by atoms with Gasteiger partial charge in [-0.1, -0.05) is 12.2 Å². The van der Waals surface area contributed by atoms with Gasteiger partial charge in [0.25, 0.3) is 0 Å². The highest BCUT2D eigenvalue weighted by atomic mass is 32.1. The number of hydrogen-bond acceptors (Lipinski definition) is 3. The van der Waals surface area contributed by atoms with Crippen molar-refractivity contribution >= 4 is 22.9 Å². The Balaban J connectivity index is 2.95. The summed E-state index contributed by atoms with van der Waals surface area (Å²) in [6.07, 6.45) is 0. The van der Waals surface area contributed by atoms with Gasteiger partial charge in [0.05, 0.1) is 6.61 Å². The first-order chi connectivity index (χ1) is 7.97. The maximum absolute atomic E-state index is 5.61. The lowest BCUT2D eigenvalue weighted by molar-refractivity contribution is 0.183. The molecule has 17 heavy (non-hydrogen) atoms. The second-order valence-electron chi connectivity index (χ2n) is 4.28. The van der Waals surface area contributed by atoms with Crippen molar-refractivity contribution in [3.05, 3.63) is 29.3 Å². The molecule has 2 N–H and O–H groups in total. The molecular weight excluding hydrogens is 232 g/mol. The fourth-order valence-electron chi connectivity index (χ4n) is 1.79. The number of aryl methyl sites for hydroxylation is 1. The van der Waals surface area contributed by atoms with Crippen molar-refractivity contribution in [1.82, 2.24) is 0 Å². The predicted octanol–water partition coefficient (Wildman–Crippen LogP) is 2.10. The van der Waals surface area contributed by atoms with Gasteiger partial charge in [0.2, 0.25) is 0 Å². The zero-order valence-corrected chi connectivity index (χ0v) is 11.7. The van der Waals surface area contributed by atoms with Crippen molar-refractivity contribution in [3.8, 4) is 0 Å². The van der Waals surface area contributed by atoms with Gasteiger partial charge in [0.1, 0.15) is 4.99 Å². The van der Waals surface area contributed by atoms with Gasteiger partial charge < -0.3 is 15.4 Å². The van der Waals surface area contributed by atoms with E-state index in [1.54, 1.807) is 7.11 Å². The molecule has 1 unspecified atom stereocenters. The maximum Gasteiger partial charge on any atom is 0.103 e. The molecule has 0 aliphatic heterocycles. The van der Waals surface area contributed by atoms with Crippen molar-refractivity contribution in [3.63, 3.8) is 0 Å². The van der Waals surface area contributed by atoms with Gasteiger partial charge >= 0.3 is 0 Å².